The zero-order valence-corrected chi connectivity index (χ0v) is 11.4. The minimum Gasteiger partial charge on any atom is -0.390 e. The highest BCUT2D eigenvalue weighted by Crippen LogP contribution is 2.19. The molecule has 0 fully saturated rings. The molecule has 0 spiro atoms. The summed E-state index contributed by atoms with van der Waals surface area (Å²) >= 11 is 3.36. The molecule has 0 radical (unpaired) electrons. The fourth-order valence-corrected chi connectivity index (χ4v) is 1.77. The highest BCUT2D eigenvalue weighted by molar-refractivity contribution is 9.10. The average Bonchev–Trinajstić information content (AvgIpc) is 2.78. The van der Waals surface area contributed by atoms with E-state index in [-0.39, 0.29) is 13.0 Å². The molecule has 0 aliphatic rings. The van der Waals surface area contributed by atoms with Crippen molar-refractivity contribution >= 4 is 15.9 Å². The Kier molecular flexibility index (Phi) is 4.46. The van der Waals surface area contributed by atoms with E-state index in [1.807, 2.05) is 24.3 Å². The minimum absolute atomic E-state index is 0.246. The first-order valence-electron chi connectivity index (χ1n) is 5.44. The molecule has 6 heteroatoms. The van der Waals surface area contributed by atoms with Gasteiger partial charge in [0, 0.05) is 17.1 Å². The third kappa shape index (κ3) is 3.38. The largest absolute Gasteiger partial charge is 0.390 e. The van der Waals surface area contributed by atoms with Crippen LogP contribution in [-0.4, -0.2) is 35.1 Å². The quantitative estimate of drug-likeness (QED) is 0.915. The molecule has 1 unspecified atom stereocenters. The monoisotopic (exact) mass is 312 g/mol. The van der Waals surface area contributed by atoms with Gasteiger partial charge in [0.1, 0.15) is 0 Å². The number of aromatic nitrogens is 2. The zero-order valence-electron chi connectivity index (χ0n) is 9.84. The van der Waals surface area contributed by atoms with E-state index in [1.54, 1.807) is 0 Å². The number of methoxy groups -OCH3 is 1. The van der Waals surface area contributed by atoms with Gasteiger partial charge in [0.05, 0.1) is 19.1 Å². The van der Waals surface area contributed by atoms with Gasteiger partial charge < -0.3 is 14.4 Å². The van der Waals surface area contributed by atoms with Gasteiger partial charge in [0.25, 0.3) is 0 Å². The molecule has 1 aromatic carbocycles. The van der Waals surface area contributed by atoms with E-state index in [9.17, 15) is 5.11 Å². The van der Waals surface area contributed by atoms with Crippen LogP contribution in [0.2, 0.25) is 0 Å². The first-order valence-corrected chi connectivity index (χ1v) is 6.24. The smallest absolute Gasteiger partial charge is 0.229 e. The summed E-state index contributed by atoms with van der Waals surface area (Å²) in [6.07, 6.45) is -0.342. The van der Waals surface area contributed by atoms with Crippen LogP contribution in [0.25, 0.3) is 11.4 Å². The van der Waals surface area contributed by atoms with E-state index >= 15 is 0 Å². The summed E-state index contributed by atoms with van der Waals surface area (Å²) in [5.74, 6) is 0.916. The number of halogens is 1. The molecule has 96 valence electrons. The van der Waals surface area contributed by atoms with Crippen LogP contribution in [0.5, 0.6) is 0 Å². The Morgan fingerprint density at radius 1 is 1.39 bits per heavy atom. The molecule has 1 heterocycles. The van der Waals surface area contributed by atoms with Crippen molar-refractivity contribution in [1.82, 2.24) is 10.1 Å². The van der Waals surface area contributed by atoms with Crippen LogP contribution >= 0.6 is 15.9 Å². The van der Waals surface area contributed by atoms with Gasteiger partial charge in [0.15, 0.2) is 0 Å². The predicted molar refractivity (Wildman–Crippen MR) is 69.0 cm³/mol. The van der Waals surface area contributed by atoms with E-state index < -0.39 is 6.10 Å². The summed E-state index contributed by atoms with van der Waals surface area (Å²) in [5, 5.41) is 13.4. The van der Waals surface area contributed by atoms with E-state index in [4.69, 9.17) is 9.26 Å². The highest BCUT2D eigenvalue weighted by atomic mass is 79.9. The number of benzene rings is 1. The third-order valence-corrected chi connectivity index (χ3v) is 2.87. The Bertz CT molecular complexity index is 498. The number of hydrogen-bond acceptors (Lipinski definition) is 5. The zero-order chi connectivity index (χ0) is 13.0. The van der Waals surface area contributed by atoms with Crippen molar-refractivity contribution in [2.24, 2.45) is 0 Å². The molecule has 2 aromatic rings. The van der Waals surface area contributed by atoms with Crippen LogP contribution in [-0.2, 0) is 11.2 Å². The molecule has 0 saturated carbocycles. The lowest BCUT2D eigenvalue weighted by molar-refractivity contribution is 0.0599. The van der Waals surface area contributed by atoms with Crippen molar-refractivity contribution in [3.63, 3.8) is 0 Å². The maximum Gasteiger partial charge on any atom is 0.229 e. The van der Waals surface area contributed by atoms with E-state index in [1.165, 1.54) is 7.11 Å². The van der Waals surface area contributed by atoms with E-state index in [0.717, 1.165) is 10.0 Å². The highest BCUT2D eigenvalue weighted by Gasteiger charge is 2.13. The van der Waals surface area contributed by atoms with Gasteiger partial charge in [-0.3, -0.25) is 0 Å². The van der Waals surface area contributed by atoms with Crippen molar-refractivity contribution < 1.29 is 14.4 Å². The summed E-state index contributed by atoms with van der Waals surface area (Å²) in [6, 6.07) is 7.60. The predicted octanol–water partition coefficient (Wildman–Crippen LogP) is 2.05. The van der Waals surface area contributed by atoms with Crippen LogP contribution in [0.3, 0.4) is 0 Å². The molecular weight excluding hydrogens is 300 g/mol. The van der Waals surface area contributed by atoms with Gasteiger partial charge in [-0.2, -0.15) is 4.98 Å². The Hall–Kier alpha value is -1.24. The number of ether oxygens (including phenoxy) is 1. The topological polar surface area (TPSA) is 68.4 Å². The summed E-state index contributed by atoms with van der Waals surface area (Å²) < 4.78 is 10.9. The van der Waals surface area contributed by atoms with Crippen molar-refractivity contribution in [3.05, 3.63) is 34.6 Å². The van der Waals surface area contributed by atoms with E-state index in [2.05, 4.69) is 26.1 Å². The number of nitrogens with zero attached hydrogens (tertiary/aromatic N) is 2. The van der Waals surface area contributed by atoms with Gasteiger partial charge in [0.2, 0.25) is 11.7 Å². The second kappa shape index (κ2) is 6.08. The maximum atomic E-state index is 9.56. The van der Waals surface area contributed by atoms with Crippen LogP contribution in [0.4, 0.5) is 0 Å². The lowest BCUT2D eigenvalue weighted by Gasteiger charge is -2.04. The Morgan fingerprint density at radius 2 is 2.11 bits per heavy atom. The summed E-state index contributed by atoms with van der Waals surface area (Å²) in [6.45, 7) is 0.246. The molecule has 1 atom stereocenters. The molecule has 0 aliphatic heterocycles. The molecule has 2 rings (SSSR count). The summed E-state index contributed by atoms with van der Waals surface area (Å²) in [7, 11) is 1.53. The Morgan fingerprint density at radius 3 is 2.78 bits per heavy atom. The van der Waals surface area contributed by atoms with Crippen molar-refractivity contribution in [3.8, 4) is 11.4 Å². The van der Waals surface area contributed by atoms with Crippen LogP contribution in [0.15, 0.2) is 33.3 Å². The second-order valence-electron chi connectivity index (χ2n) is 3.83. The number of aliphatic hydroxyl groups excluding tert-OH is 1. The number of rotatable bonds is 5. The molecule has 0 amide bonds. The standard InChI is InChI=1S/C12H13BrN2O3/c1-17-7-10(16)6-11-14-12(15-18-11)8-2-4-9(13)5-3-8/h2-5,10,16H,6-7H2,1H3. The van der Waals surface area contributed by atoms with Crippen LogP contribution in [0.1, 0.15) is 5.89 Å². The van der Waals surface area contributed by atoms with Crippen molar-refractivity contribution in [2.75, 3.05) is 13.7 Å². The fraction of sp³-hybridized carbons (Fsp3) is 0.333. The van der Waals surface area contributed by atoms with Crippen LogP contribution in [0, 0.1) is 0 Å². The second-order valence-corrected chi connectivity index (χ2v) is 4.75. The van der Waals surface area contributed by atoms with Gasteiger partial charge in [-0.15, -0.1) is 0 Å². The fourth-order valence-electron chi connectivity index (χ4n) is 1.51. The maximum absolute atomic E-state index is 9.56. The molecule has 0 saturated heterocycles. The van der Waals surface area contributed by atoms with Gasteiger partial charge in [-0.05, 0) is 24.3 Å². The van der Waals surface area contributed by atoms with Crippen LogP contribution < -0.4 is 0 Å². The molecule has 1 N–H and O–H groups in total. The lowest BCUT2D eigenvalue weighted by atomic mass is 10.2. The minimum atomic E-state index is -0.631. The number of aliphatic hydroxyl groups is 1. The van der Waals surface area contributed by atoms with E-state index in [0.29, 0.717) is 11.7 Å². The first kappa shape index (κ1) is 13.2. The third-order valence-electron chi connectivity index (χ3n) is 2.34. The van der Waals surface area contributed by atoms with Crippen molar-refractivity contribution in [1.29, 1.82) is 0 Å². The van der Waals surface area contributed by atoms with Crippen molar-refractivity contribution in [2.45, 2.75) is 12.5 Å². The summed E-state index contributed by atoms with van der Waals surface area (Å²) in [4.78, 5) is 4.22. The van der Waals surface area contributed by atoms with Gasteiger partial charge in [-0.1, -0.05) is 21.1 Å². The summed E-state index contributed by atoms with van der Waals surface area (Å²) in [5.41, 5.74) is 0.870. The lowest BCUT2D eigenvalue weighted by Crippen LogP contribution is -2.17. The number of hydrogen-bond donors (Lipinski definition) is 1. The molecule has 0 aliphatic carbocycles. The SMILES string of the molecule is COCC(O)Cc1nc(-c2ccc(Br)cc2)no1. The average molecular weight is 313 g/mol. The molecule has 18 heavy (non-hydrogen) atoms. The molecule has 1 aromatic heterocycles. The Labute approximate surface area is 113 Å². The van der Waals surface area contributed by atoms with Gasteiger partial charge in [-0.25, -0.2) is 0 Å². The van der Waals surface area contributed by atoms with Gasteiger partial charge >= 0.3 is 0 Å². The Balaban J connectivity index is 2.08. The first-order chi connectivity index (χ1) is 8.69. The molecule has 5 nitrogen and oxygen atoms in total. The molecular formula is C12H13BrN2O3. The normalized spacial score (nSPS) is 12.6. The molecule has 0 bridgehead atoms.